The van der Waals surface area contributed by atoms with E-state index in [-0.39, 0.29) is 5.96 Å². The fraction of sp³-hybridized carbons (Fsp3) is 0.818. The van der Waals surface area contributed by atoms with Gasteiger partial charge in [0.15, 0.2) is 0 Å². The fourth-order valence-corrected chi connectivity index (χ4v) is 2.92. The molecule has 0 bridgehead atoms. The van der Waals surface area contributed by atoms with Crippen molar-refractivity contribution < 1.29 is 0 Å². The first-order chi connectivity index (χ1) is 7.20. The maximum absolute atomic E-state index is 5.25. The van der Waals surface area contributed by atoms with Gasteiger partial charge in [0.1, 0.15) is 0 Å². The molecule has 15 heavy (non-hydrogen) atoms. The van der Waals surface area contributed by atoms with E-state index in [1.165, 1.54) is 44.2 Å². The van der Waals surface area contributed by atoms with Crippen molar-refractivity contribution >= 4 is 11.7 Å². The van der Waals surface area contributed by atoms with Crippen molar-refractivity contribution in [1.29, 1.82) is 0 Å². The third-order valence-electron chi connectivity index (χ3n) is 3.86. The molecule has 0 aromatic carbocycles. The summed E-state index contributed by atoms with van der Waals surface area (Å²) in [5, 5.41) is 7.82. The van der Waals surface area contributed by atoms with Gasteiger partial charge in [0.05, 0.1) is 0 Å². The van der Waals surface area contributed by atoms with Gasteiger partial charge in [-0.05, 0) is 43.9 Å². The summed E-state index contributed by atoms with van der Waals surface area (Å²) in [4.78, 5) is 0. The smallest absolute Gasteiger partial charge is 0.211 e. The Morgan fingerprint density at radius 3 is 2.13 bits per heavy atom. The molecule has 2 rings (SSSR count). The molecule has 4 N–H and O–H groups in total. The van der Waals surface area contributed by atoms with Gasteiger partial charge in [-0.25, -0.2) is 0 Å². The number of nitrogens with two attached hydrogens (primary N) is 2. The van der Waals surface area contributed by atoms with Crippen molar-refractivity contribution in [2.75, 3.05) is 0 Å². The van der Waals surface area contributed by atoms with Gasteiger partial charge >= 0.3 is 0 Å². The number of hydrogen-bond acceptors (Lipinski definition) is 2. The molecule has 0 amide bonds. The lowest BCUT2D eigenvalue weighted by molar-refractivity contribution is 0.242. The van der Waals surface area contributed by atoms with Crippen molar-refractivity contribution in [3.8, 4) is 0 Å². The minimum atomic E-state index is 0.0589. The van der Waals surface area contributed by atoms with E-state index in [1.54, 1.807) is 0 Å². The van der Waals surface area contributed by atoms with Crippen LogP contribution in [0.4, 0.5) is 0 Å². The topological polar surface area (TPSA) is 76.8 Å². The van der Waals surface area contributed by atoms with Gasteiger partial charge < -0.3 is 11.5 Å². The summed E-state index contributed by atoms with van der Waals surface area (Å²) in [6.45, 7) is 0. The highest BCUT2D eigenvalue weighted by atomic mass is 15.3. The van der Waals surface area contributed by atoms with Crippen LogP contribution in [0.5, 0.6) is 0 Å². The van der Waals surface area contributed by atoms with E-state index in [0.717, 1.165) is 12.8 Å². The molecule has 2 fully saturated rings. The zero-order valence-electron chi connectivity index (χ0n) is 9.21. The minimum absolute atomic E-state index is 0.0589. The standard InChI is InChI=1S/C11H20N4/c12-10(13)15-14-9-3-7-11(8-4-9)5-1-2-6-11/h1-8H2,(H4,12,13,15). The highest BCUT2D eigenvalue weighted by Crippen LogP contribution is 2.48. The predicted octanol–water partition coefficient (Wildman–Crippen LogP) is 1.75. The second-order valence-electron chi connectivity index (χ2n) is 4.90. The summed E-state index contributed by atoms with van der Waals surface area (Å²) in [6.07, 6.45) is 10.4. The Morgan fingerprint density at radius 2 is 1.60 bits per heavy atom. The summed E-state index contributed by atoms with van der Waals surface area (Å²) in [5.41, 5.74) is 12.3. The van der Waals surface area contributed by atoms with Crippen LogP contribution in [-0.4, -0.2) is 11.7 Å². The molecule has 0 radical (unpaired) electrons. The minimum Gasteiger partial charge on any atom is -0.369 e. The van der Waals surface area contributed by atoms with E-state index >= 15 is 0 Å². The zero-order chi connectivity index (χ0) is 10.7. The first kappa shape index (κ1) is 10.5. The monoisotopic (exact) mass is 208 g/mol. The van der Waals surface area contributed by atoms with Crippen molar-refractivity contribution in [2.24, 2.45) is 27.1 Å². The summed E-state index contributed by atoms with van der Waals surface area (Å²) in [6, 6.07) is 0. The normalized spacial score (nSPS) is 24.1. The largest absolute Gasteiger partial charge is 0.369 e. The lowest BCUT2D eigenvalue weighted by Gasteiger charge is -2.33. The molecule has 0 aromatic rings. The third kappa shape index (κ3) is 2.49. The van der Waals surface area contributed by atoms with E-state index in [4.69, 9.17) is 11.5 Å². The van der Waals surface area contributed by atoms with Gasteiger partial charge in [-0.2, -0.15) is 5.10 Å². The van der Waals surface area contributed by atoms with Gasteiger partial charge in [0.2, 0.25) is 5.96 Å². The van der Waals surface area contributed by atoms with Crippen LogP contribution in [0.1, 0.15) is 51.4 Å². The first-order valence-corrected chi connectivity index (χ1v) is 5.85. The Bertz CT molecular complexity index is 271. The maximum Gasteiger partial charge on any atom is 0.211 e. The van der Waals surface area contributed by atoms with Gasteiger partial charge in [-0.3, -0.25) is 0 Å². The van der Waals surface area contributed by atoms with Crippen LogP contribution >= 0.6 is 0 Å². The molecule has 4 heteroatoms. The molecule has 2 aliphatic carbocycles. The van der Waals surface area contributed by atoms with E-state index in [1.807, 2.05) is 0 Å². The van der Waals surface area contributed by atoms with Crippen molar-refractivity contribution in [3.63, 3.8) is 0 Å². The average molecular weight is 208 g/mol. The van der Waals surface area contributed by atoms with Crippen LogP contribution < -0.4 is 11.5 Å². The van der Waals surface area contributed by atoms with Crippen molar-refractivity contribution in [2.45, 2.75) is 51.4 Å². The fourth-order valence-electron chi connectivity index (χ4n) is 2.92. The summed E-state index contributed by atoms with van der Waals surface area (Å²) in [7, 11) is 0. The SMILES string of the molecule is NC(N)=NN=C1CCC2(CCCC2)CC1. The number of hydrogen-bond donors (Lipinski definition) is 2. The third-order valence-corrected chi connectivity index (χ3v) is 3.86. The number of guanidine groups is 1. The van der Waals surface area contributed by atoms with E-state index < -0.39 is 0 Å². The average Bonchev–Trinajstić information content (AvgIpc) is 2.66. The summed E-state index contributed by atoms with van der Waals surface area (Å²) < 4.78 is 0. The van der Waals surface area contributed by atoms with Crippen LogP contribution in [0.25, 0.3) is 0 Å². The van der Waals surface area contributed by atoms with Gasteiger partial charge in [-0.15, -0.1) is 5.10 Å². The van der Waals surface area contributed by atoms with Crippen LogP contribution in [-0.2, 0) is 0 Å². The second-order valence-corrected chi connectivity index (χ2v) is 4.90. The van der Waals surface area contributed by atoms with Crippen LogP contribution in [0.3, 0.4) is 0 Å². The molecule has 0 unspecified atom stereocenters. The summed E-state index contributed by atoms with van der Waals surface area (Å²) in [5.74, 6) is 0.0589. The molecule has 1 spiro atoms. The summed E-state index contributed by atoms with van der Waals surface area (Å²) >= 11 is 0. The number of rotatable bonds is 1. The van der Waals surface area contributed by atoms with Gasteiger partial charge in [-0.1, -0.05) is 12.8 Å². The van der Waals surface area contributed by atoms with E-state index in [2.05, 4.69) is 10.2 Å². The van der Waals surface area contributed by atoms with E-state index in [0.29, 0.717) is 5.41 Å². The molecule has 84 valence electrons. The Labute approximate surface area is 90.8 Å². The molecule has 0 saturated heterocycles. The Hall–Kier alpha value is -1.06. The Morgan fingerprint density at radius 1 is 1.00 bits per heavy atom. The van der Waals surface area contributed by atoms with Crippen LogP contribution in [0, 0.1) is 5.41 Å². The Kier molecular flexibility index (Phi) is 2.93. The number of nitrogens with zero attached hydrogens (tertiary/aromatic N) is 2. The lowest BCUT2D eigenvalue weighted by atomic mass is 9.72. The quantitative estimate of drug-likeness (QED) is 0.391. The van der Waals surface area contributed by atoms with Crippen molar-refractivity contribution in [1.82, 2.24) is 0 Å². The molecule has 4 nitrogen and oxygen atoms in total. The molecule has 0 atom stereocenters. The lowest BCUT2D eigenvalue weighted by Crippen LogP contribution is -2.25. The molecule has 2 aliphatic rings. The highest BCUT2D eigenvalue weighted by molar-refractivity contribution is 5.86. The van der Waals surface area contributed by atoms with Crippen LogP contribution in [0.15, 0.2) is 10.2 Å². The van der Waals surface area contributed by atoms with Gasteiger partial charge in [0.25, 0.3) is 0 Å². The Balaban J connectivity index is 1.91. The van der Waals surface area contributed by atoms with E-state index in [9.17, 15) is 0 Å². The first-order valence-electron chi connectivity index (χ1n) is 5.85. The molecule has 0 aromatic heterocycles. The van der Waals surface area contributed by atoms with Crippen molar-refractivity contribution in [3.05, 3.63) is 0 Å². The molecule has 0 aliphatic heterocycles. The molecule has 0 heterocycles. The second kappa shape index (κ2) is 4.21. The highest BCUT2D eigenvalue weighted by Gasteiger charge is 2.36. The van der Waals surface area contributed by atoms with Crippen LogP contribution in [0.2, 0.25) is 0 Å². The molecular formula is C11H20N4. The predicted molar refractivity (Wildman–Crippen MR) is 62.6 cm³/mol. The molecule has 2 saturated carbocycles. The van der Waals surface area contributed by atoms with Gasteiger partial charge in [0, 0.05) is 5.71 Å². The zero-order valence-corrected chi connectivity index (χ0v) is 9.21. The molecular weight excluding hydrogens is 188 g/mol. The maximum atomic E-state index is 5.25.